The maximum atomic E-state index is 12.8. The minimum Gasteiger partial charge on any atom is -0.312 e. The summed E-state index contributed by atoms with van der Waals surface area (Å²) >= 11 is 1.65. The number of hydrogen-bond acceptors (Lipinski definition) is 4. The molecule has 0 radical (unpaired) electrons. The highest BCUT2D eigenvalue weighted by Crippen LogP contribution is 2.25. The van der Waals surface area contributed by atoms with Gasteiger partial charge in [0.05, 0.1) is 4.90 Å². The third-order valence-corrected chi connectivity index (χ3v) is 7.06. The van der Waals surface area contributed by atoms with Gasteiger partial charge >= 0.3 is 0 Å². The smallest absolute Gasteiger partial charge is 0.243 e. The molecule has 0 bridgehead atoms. The van der Waals surface area contributed by atoms with Crippen LogP contribution in [0.25, 0.3) is 0 Å². The molecule has 26 heavy (non-hydrogen) atoms. The van der Waals surface area contributed by atoms with Gasteiger partial charge in [-0.05, 0) is 54.6 Å². The second kappa shape index (κ2) is 7.82. The fourth-order valence-electron chi connectivity index (χ4n) is 2.97. The molecule has 2 aromatic rings. The van der Waals surface area contributed by atoms with E-state index in [1.165, 1.54) is 4.31 Å². The first-order chi connectivity index (χ1) is 12.4. The van der Waals surface area contributed by atoms with E-state index in [1.807, 2.05) is 30.5 Å². The third-order valence-electron chi connectivity index (χ3n) is 4.49. The fourth-order valence-corrected chi connectivity index (χ4v) is 4.54. The fraction of sp³-hybridized carbons (Fsp3) is 0.316. The lowest BCUT2D eigenvalue weighted by Gasteiger charge is -2.19. The normalized spacial score (nSPS) is 15.0. The molecular formula is C19H22N2O3S2. The molecule has 0 atom stereocenters. The number of hydrogen-bond donors (Lipinski definition) is 0. The largest absolute Gasteiger partial charge is 0.312 e. The topological polar surface area (TPSA) is 57.7 Å². The van der Waals surface area contributed by atoms with Crippen LogP contribution in [0.5, 0.6) is 0 Å². The van der Waals surface area contributed by atoms with Crippen molar-refractivity contribution in [1.82, 2.24) is 4.31 Å². The Hall–Kier alpha value is -1.83. The monoisotopic (exact) mass is 390 g/mol. The van der Waals surface area contributed by atoms with Crippen molar-refractivity contribution in [2.24, 2.45) is 0 Å². The van der Waals surface area contributed by atoms with Crippen LogP contribution in [0.2, 0.25) is 0 Å². The Morgan fingerprint density at radius 3 is 2.27 bits per heavy atom. The van der Waals surface area contributed by atoms with Gasteiger partial charge in [0, 0.05) is 37.1 Å². The van der Waals surface area contributed by atoms with Gasteiger partial charge in [-0.1, -0.05) is 12.1 Å². The number of carbonyl (C=O) groups is 1. The standard InChI is InChI=1S/C19H22N2O3S2/c1-20(14-15-5-9-17(25-2)10-6-15)26(23,24)18-11-7-16(8-12-18)21-13-3-4-19(21)22/h5-12H,3-4,13-14H2,1-2H3. The summed E-state index contributed by atoms with van der Waals surface area (Å²) in [6.45, 7) is 1.00. The lowest BCUT2D eigenvalue weighted by atomic mass is 10.2. The van der Waals surface area contributed by atoms with Crippen LogP contribution in [-0.2, 0) is 21.4 Å². The number of nitrogens with zero attached hydrogens (tertiary/aromatic N) is 2. The summed E-state index contributed by atoms with van der Waals surface area (Å²) in [4.78, 5) is 14.9. The lowest BCUT2D eigenvalue weighted by molar-refractivity contribution is -0.117. The Labute approximate surface area is 159 Å². The van der Waals surface area contributed by atoms with Crippen LogP contribution in [-0.4, -0.2) is 38.5 Å². The average molecular weight is 391 g/mol. The molecule has 1 saturated heterocycles. The minimum absolute atomic E-state index is 0.0893. The SMILES string of the molecule is CSc1ccc(CN(C)S(=O)(=O)c2ccc(N3CCCC3=O)cc2)cc1. The molecule has 0 saturated carbocycles. The molecule has 1 heterocycles. The minimum atomic E-state index is -3.58. The van der Waals surface area contributed by atoms with Crippen molar-refractivity contribution >= 4 is 33.4 Å². The van der Waals surface area contributed by atoms with Gasteiger partial charge in [-0.25, -0.2) is 8.42 Å². The van der Waals surface area contributed by atoms with Crippen molar-refractivity contribution < 1.29 is 13.2 Å². The molecule has 0 aromatic heterocycles. The van der Waals surface area contributed by atoms with Crippen LogP contribution in [0, 0.1) is 0 Å². The Bertz CT molecular complexity index is 878. The van der Waals surface area contributed by atoms with Crippen LogP contribution in [0.4, 0.5) is 5.69 Å². The molecule has 3 rings (SSSR count). The van der Waals surface area contributed by atoms with Crippen molar-refractivity contribution in [2.75, 3.05) is 24.7 Å². The van der Waals surface area contributed by atoms with Gasteiger partial charge in [-0.15, -0.1) is 11.8 Å². The molecule has 1 aliphatic heterocycles. The summed E-state index contributed by atoms with van der Waals surface area (Å²) in [5.74, 6) is 0.0893. The van der Waals surface area contributed by atoms with Gasteiger partial charge in [0.2, 0.25) is 15.9 Å². The lowest BCUT2D eigenvalue weighted by Crippen LogP contribution is -2.27. The van der Waals surface area contributed by atoms with Crippen molar-refractivity contribution in [1.29, 1.82) is 0 Å². The van der Waals surface area contributed by atoms with E-state index < -0.39 is 10.0 Å². The van der Waals surface area contributed by atoms with Crippen LogP contribution < -0.4 is 4.90 Å². The molecule has 0 spiro atoms. The van der Waals surface area contributed by atoms with Gasteiger partial charge in [0.25, 0.3) is 0 Å². The quantitative estimate of drug-likeness (QED) is 0.710. The first-order valence-electron chi connectivity index (χ1n) is 8.41. The first kappa shape index (κ1) is 18.9. The highest BCUT2D eigenvalue weighted by Gasteiger charge is 2.24. The molecule has 1 amide bonds. The summed E-state index contributed by atoms with van der Waals surface area (Å²) < 4.78 is 26.9. The number of carbonyl (C=O) groups excluding carboxylic acids is 1. The molecular weight excluding hydrogens is 368 g/mol. The van der Waals surface area contributed by atoms with Crippen molar-refractivity contribution in [3.63, 3.8) is 0 Å². The number of rotatable bonds is 6. The summed E-state index contributed by atoms with van der Waals surface area (Å²) in [6.07, 6.45) is 3.40. The predicted octanol–water partition coefficient (Wildman–Crippen LogP) is 3.36. The maximum Gasteiger partial charge on any atom is 0.243 e. The Morgan fingerprint density at radius 2 is 1.73 bits per heavy atom. The van der Waals surface area contributed by atoms with Gasteiger partial charge in [-0.2, -0.15) is 4.31 Å². The average Bonchev–Trinajstić information content (AvgIpc) is 3.08. The zero-order valence-corrected chi connectivity index (χ0v) is 16.5. The third kappa shape index (κ3) is 3.95. The first-order valence-corrected chi connectivity index (χ1v) is 11.1. The molecule has 138 valence electrons. The van der Waals surface area contributed by atoms with E-state index in [-0.39, 0.29) is 10.8 Å². The number of benzene rings is 2. The van der Waals surface area contributed by atoms with Gasteiger partial charge in [-0.3, -0.25) is 4.79 Å². The van der Waals surface area contributed by atoms with Crippen LogP contribution in [0.15, 0.2) is 58.3 Å². The molecule has 0 unspecified atom stereocenters. The highest BCUT2D eigenvalue weighted by atomic mass is 32.2. The molecule has 7 heteroatoms. The molecule has 0 N–H and O–H groups in total. The molecule has 0 aliphatic carbocycles. The Kier molecular flexibility index (Phi) is 5.70. The summed E-state index contributed by atoms with van der Waals surface area (Å²) in [5, 5.41) is 0. The van der Waals surface area contributed by atoms with Crippen LogP contribution in [0.1, 0.15) is 18.4 Å². The van der Waals surface area contributed by atoms with Gasteiger partial charge < -0.3 is 4.90 Å². The van der Waals surface area contributed by atoms with Gasteiger partial charge in [0.15, 0.2) is 0 Å². The second-order valence-electron chi connectivity index (χ2n) is 6.25. The summed E-state index contributed by atoms with van der Waals surface area (Å²) in [5.41, 5.74) is 1.69. The van der Waals surface area contributed by atoms with Crippen molar-refractivity contribution in [3.8, 4) is 0 Å². The van der Waals surface area contributed by atoms with E-state index in [2.05, 4.69) is 0 Å². The highest BCUT2D eigenvalue weighted by molar-refractivity contribution is 7.98. The Morgan fingerprint density at radius 1 is 1.08 bits per heavy atom. The van der Waals surface area contributed by atoms with E-state index in [9.17, 15) is 13.2 Å². The van der Waals surface area contributed by atoms with Crippen LogP contribution >= 0.6 is 11.8 Å². The molecule has 2 aromatic carbocycles. The van der Waals surface area contributed by atoms with E-state index >= 15 is 0 Å². The molecule has 5 nitrogen and oxygen atoms in total. The molecule has 1 aliphatic rings. The zero-order chi connectivity index (χ0) is 18.7. The van der Waals surface area contributed by atoms with E-state index in [4.69, 9.17) is 0 Å². The predicted molar refractivity (Wildman–Crippen MR) is 105 cm³/mol. The number of anilines is 1. The number of amides is 1. The second-order valence-corrected chi connectivity index (χ2v) is 9.18. The molecule has 1 fully saturated rings. The van der Waals surface area contributed by atoms with E-state index in [0.717, 1.165) is 22.6 Å². The van der Waals surface area contributed by atoms with Crippen LogP contribution in [0.3, 0.4) is 0 Å². The van der Waals surface area contributed by atoms with Crippen molar-refractivity contribution in [3.05, 3.63) is 54.1 Å². The van der Waals surface area contributed by atoms with Gasteiger partial charge in [0.1, 0.15) is 0 Å². The number of thioether (sulfide) groups is 1. The summed E-state index contributed by atoms with van der Waals surface area (Å²) in [7, 11) is -2.00. The van der Waals surface area contributed by atoms with E-state index in [1.54, 1.807) is 48.0 Å². The van der Waals surface area contributed by atoms with E-state index in [0.29, 0.717) is 19.5 Å². The maximum absolute atomic E-state index is 12.8. The zero-order valence-electron chi connectivity index (χ0n) is 14.9. The van der Waals surface area contributed by atoms with Crippen molar-refractivity contribution in [2.45, 2.75) is 29.2 Å². The Balaban J connectivity index is 1.74. The number of sulfonamides is 1. The summed E-state index contributed by atoms with van der Waals surface area (Å²) in [6, 6.07) is 14.4.